The van der Waals surface area contributed by atoms with Gasteiger partial charge in [0.15, 0.2) is 0 Å². The number of morpholine rings is 1. The Balaban J connectivity index is 2.10. The largest absolute Gasteiger partial charge is 0.377 e. The van der Waals surface area contributed by atoms with E-state index in [1.54, 1.807) is 11.0 Å². The van der Waals surface area contributed by atoms with Gasteiger partial charge in [0.25, 0.3) is 5.91 Å². The monoisotopic (exact) mass is 314 g/mol. The fourth-order valence-electron chi connectivity index (χ4n) is 2.01. The molecule has 0 bridgehead atoms. The molecule has 1 fully saturated rings. The molecule has 1 aliphatic heterocycles. The van der Waals surface area contributed by atoms with Crippen molar-refractivity contribution in [1.82, 2.24) is 10.2 Å². The van der Waals surface area contributed by atoms with Gasteiger partial charge in [-0.25, -0.2) is 0 Å². The van der Waals surface area contributed by atoms with Crippen LogP contribution >= 0.6 is 24.0 Å². The number of nitrogens with one attached hydrogen (secondary N) is 1. The van der Waals surface area contributed by atoms with Crippen LogP contribution in [0.25, 0.3) is 0 Å². The summed E-state index contributed by atoms with van der Waals surface area (Å²) in [5, 5.41) is 4.63. The maximum absolute atomic E-state index is 12.5. The van der Waals surface area contributed by atoms with Crippen molar-refractivity contribution < 1.29 is 14.3 Å². The molecule has 0 spiro atoms. The molecule has 1 aromatic rings. The summed E-state index contributed by atoms with van der Waals surface area (Å²) in [5.41, 5.74) is 0. The van der Waals surface area contributed by atoms with E-state index in [-0.39, 0.29) is 18.4 Å². The van der Waals surface area contributed by atoms with Crippen molar-refractivity contribution in [1.29, 1.82) is 0 Å². The zero-order valence-corrected chi connectivity index (χ0v) is 13.0. The highest BCUT2D eigenvalue weighted by molar-refractivity contribution is 7.80. The Hall–Kier alpha value is -1.05. The topological polar surface area (TPSA) is 58.6 Å². The average molecular weight is 314 g/mol. The van der Waals surface area contributed by atoms with Crippen LogP contribution in [0.3, 0.4) is 0 Å². The van der Waals surface area contributed by atoms with Gasteiger partial charge in [0.2, 0.25) is 5.91 Å². The first-order chi connectivity index (χ1) is 9.63. The van der Waals surface area contributed by atoms with E-state index in [2.05, 4.69) is 17.9 Å². The summed E-state index contributed by atoms with van der Waals surface area (Å²) in [6, 6.07) is 1.18. The summed E-state index contributed by atoms with van der Waals surface area (Å²) >= 11 is 5.55. The number of hydrogen-bond donors (Lipinski definition) is 2. The molecule has 1 saturated heterocycles. The third-order valence-electron chi connectivity index (χ3n) is 3.04. The molecule has 1 atom stereocenters. The fourth-order valence-corrected chi connectivity index (χ4v) is 3.11. The van der Waals surface area contributed by atoms with E-state index in [1.807, 2.05) is 12.3 Å². The highest BCUT2D eigenvalue weighted by atomic mass is 32.1. The predicted octanol–water partition coefficient (Wildman–Crippen LogP) is 1.40. The quantitative estimate of drug-likeness (QED) is 0.826. The minimum atomic E-state index is -0.548. The molecule has 1 unspecified atom stereocenters. The molecule has 0 aliphatic carbocycles. The summed E-state index contributed by atoms with van der Waals surface area (Å²) in [6.07, 6.45) is 0.862. The smallest absolute Gasteiger partial charge is 0.264 e. The predicted molar refractivity (Wildman–Crippen MR) is 80.5 cm³/mol. The van der Waals surface area contributed by atoms with Crippen molar-refractivity contribution in [2.45, 2.75) is 24.3 Å². The zero-order valence-electron chi connectivity index (χ0n) is 11.3. The third-order valence-corrected chi connectivity index (χ3v) is 4.39. The Labute approximate surface area is 127 Å². The molecule has 1 N–H and O–H groups in total. The number of thiophene rings is 1. The van der Waals surface area contributed by atoms with Crippen LogP contribution < -0.4 is 5.32 Å². The summed E-state index contributed by atoms with van der Waals surface area (Å²) in [5.74, 6) is -0.280. The van der Waals surface area contributed by atoms with Crippen molar-refractivity contribution >= 4 is 35.8 Å². The van der Waals surface area contributed by atoms with Gasteiger partial charge >= 0.3 is 0 Å². The molecule has 20 heavy (non-hydrogen) atoms. The molecule has 1 aromatic heterocycles. The van der Waals surface area contributed by atoms with E-state index in [1.165, 1.54) is 11.3 Å². The SMILES string of the molecule is CCCNC(=O)C1COCCN1C(=O)c1cc(S)cs1. The van der Waals surface area contributed by atoms with E-state index in [9.17, 15) is 9.59 Å². The number of hydrogen-bond acceptors (Lipinski definition) is 5. The first kappa shape index (κ1) is 15.3. The van der Waals surface area contributed by atoms with Crippen molar-refractivity contribution in [2.24, 2.45) is 0 Å². The maximum atomic E-state index is 12.5. The summed E-state index contributed by atoms with van der Waals surface area (Å²) < 4.78 is 5.34. The van der Waals surface area contributed by atoms with Crippen LogP contribution in [0.4, 0.5) is 0 Å². The second-order valence-corrected chi connectivity index (χ2v) is 5.98. The molecule has 0 saturated carbocycles. The van der Waals surface area contributed by atoms with Crippen molar-refractivity contribution in [3.8, 4) is 0 Å². The van der Waals surface area contributed by atoms with Crippen LogP contribution in [0.2, 0.25) is 0 Å². The lowest BCUT2D eigenvalue weighted by Gasteiger charge is -2.34. The molecule has 2 rings (SSSR count). The molecule has 2 heterocycles. The van der Waals surface area contributed by atoms with Gasteiger partial charge in [-0.3, -0.25) is 9.59 Å². The highest BCUT2D eigenvalue weighted by Crippen LogP contribution is 2.21. The third kappa shape index (κ3) is 3.53. The van der Waals surface area contributed by atoms with E-state index >= 15 is 0 Å². The molecule has 5 nitrogen and oxygen atoms in total. The van der Waals surface area contributed by atoms with Crippen molar-refractivity contribution in [2.75, 3.05) is 26.3 Å². The highest BCUT2D eigenvalue weighted by Gasteiger charge is 2.33. The Morgan fingerprint density at radius 1 is 1.60 bits per heavy atom. The van der Waals surface area contributed by atoms with Crippen molar-refractivity contribution in [3.05, 3.63) is 16.3 Å². The Morgan fingerprint density at radius 2 is 2.40 bits per heavy atom. The van der Waals surface area contributed by atoms with Gasteiger partial charge in [0, 0.05) is 23.4 Å². The molecule has 7 heteroatoms. The Bertz CT molecular complexity index is 490. The van der Waals surface area contributed by atoms with Crippen LogP contribution in [0.15, 0.2) is 16.3 Å². The number of carbonyl (C=O) groups is 2. The number of nitrogens with zero attached hydrogens (tertiary/aromatic N) is 1. The summed E-state index contributed by atoms with van der Waals surface area (Å²) in [7, 11) is 0. The number of thiol groups is 1. The van der Waals surface area contributed by atoms with Gasteiger partial charge in [-0.15, -0.1) is 24.0 Å². The Morgan fingerprint density at radius 3 is 3.05 bits per heavy atom. The molecular formula is C13H18N2O3S2. The average Bonchev–Trinajstić information content (AvgIpc) is 2.90. The van der Waals surface area contributed by atoms with Crippen LogP contribution in [0.5, 0.6) is 0 Å². The lowest BCUT2D eigenvalue weighted by molar-refractivity contribution is -0.130. The lowest BCUT2D eigenvalue weighted by atomic mass is 10.2. The second-order valence-electron chi connectivity index (χ2n) is 4.55. The van der Waals surface area contributed by atoms with Crippen molar-refractivity contribution in [3.63, 3.8) is 0 Å². The number of ether oxygens (including phenoxy) is 1. The first-order valence-electron chi connectivity index (χ1n) is 6.57. The van der Waals surface area contributed by atoms with Gasteiger partial charge in [0.1, 0.15) is 6.04 Å². The van der Waals surface area contributed by atoms with Gasteiger partial charge < -0.3 is 15.0 Å². The number of rotatable bonds is 4. The normalized spacial score (nSPS) is 18.9. The number of amides is 2. The van der Waals surface area contributed by atoms with Crippen LogP contribution in [-0.2, 0) is 9.53 Å². The minimum Gasteiger partial charge on any atom is -0.377 e. The summed E-state index contributed by atoms with van der Waals surface area (Å²) in [4.78, 5) is 27.5. The van der Waals surface area contributed by atoms with Gasteiger partial charge in [-0.2, -0.15) is 0 Å². The molecule has 1 aliphatic rings. The molecular weight excluding hydrogens is 296 g/mol. The van der Waals surface area contributed by atoms with Crippen LogP contribution in [0.1, 0.15) is 23.0 Å². The maximum Gasteiger partial charge on any atom is 0.264 e. The lowest BCUT2D eigenvalue weighted by Crippen LogP contribution is -2.55. The molecule has 0 radical (unpaired) electrons. The fraction of sp³-hybridized carbons (Fsp3) is 0.538. The van der Waals surface area contributed by atoms with Gasteiger partial charge in [0.05, 0.1) is 18.1 Å². The Kier molecular flexibility index (Phi) is 5.45. The van der Waals surface area contributed by atoms with Crippen LogP contribution in [0, 0.1) is 0 Å². The first-order valence-corrected chi connectivity index (χ1v) is 7.90. The molecule has 2 amide bonds. The van der Waals surface area contributed by atoms with E-state index < -0.39 is 6.04 Å². The molecule has 0 aromatic carbocycles. The zero-order chi connectivity index (χ0) is 14.5. The summed E-state index contributed by atoms with van der Waals surface area (Å²) in [6.45, 7) is 3.74. The van der Waals surface area contributed by atoms with Gasteiger partial charge in [-0.1, -0.05) is 6.92 Å². The second kappa shape index (κ2) is 7.10. The van der Waals surface area contributed by atoms with Gasteiger partial charge in [-0.05, 0) is 12.5 Å². The van der Waals surface area contributed by atoms with E-state index in [0.717, 1.165) is 11.3 Å². The van der Waals surface area contributed by atoms with Crippen LogP contribution in [-0.4, -0.2) is 49.1 Å². The van der Waals surface area contributed by atoms with E-state index in [0.29, 0.717) is 24.6 Å². The minimum absolute atomic E-state index is 0.129. The standard InChI is InChI=1S/C13H18N2O3S2/c1-2-3-14-12(16)10-7-18-5-4-15(10)13(17)11-6-9(19)8-20-11/h6,8,10,19H,2-5,7H2,1H3,(H,14,16). The van der Waals surface area contributed by atoms with E-state index in [4.69, 9.17) is 4.74 Å². The molecule has 110 valence electrons. The number of carbonyl (C=O) groups excluding carboxylic acids is 2.